The Labute approximate surface area is 160 Å². The largest absolute Gasteiger partial charge is 0.333 e. The number of H-pyrrole nitrogens is 1. The molecule has 0 aliphatic carbocycles. The van der Waals surface area contributed by atoms with Crippen LogP contribution >= 0.6 is 11.8 Å². The van der Waals surface area contributed by atoms with Crippen molar-refractivity contribution in [3.8, 4) is 11.3 Å². The quantitative estimate of drug-likeness (QED) is 0.484. The fourth-order valence-corrected chi connectivity index (χ4v) is 3.18. The molecule has 138 valence electrons. The number of anilines is 1. The molecule has 1 unspecified atom stereocenters. The number of carbonyl (C=O) groups is 2. The van der Waals surface area contributed by atoms with Gasteiger partial charge in [-0.3, -0.25) is 9.59 Å². The number of Topliss-reactive ketones (excluding diaryl/α,β-unsaturated/α-hetero) is 1. The third kappa shape index (κ3) is 4.83. The molecule has 3 aromatic rings. The maximum atomic E-state index is 13.0. The Morgan fingerprint density at radius 2 is 1.78 bits per heavy atom. The summed E-state index contributed by atoms with van der Waals surface area (Å²) in [7, 11) is 0. The number of ketones is 1. The van der Waals surface area contributed by atoms with Crippen LogP contribution in [0.2, 0.25) is 0 Å². The number of benzene rings is 2. The lowest BCUT2D eigenvalue weighted by Gasteiger charge is -2.11. The van der Waals surface area contributed by atoms with Crippen molar-refractivity contribution in [3.05, 3.63) is 66.1 Å². The van der Waals surface area contributed by atoms with Gasteiger partial charge in [0.1, 0.15) is 5.82 Å². The number of nitrogens with one attached hydrogen (secondary N) is 2. The zero-order valence-corrected chi connectivity index (χ0v) is 15.6. The molecule has 0 saturated heterocycles. The summed E-state index contributed by atoms with van der Waals surface area (Å²) in [6.07, 6.45) is 1.65. The van der Waals surface area contributed by atoms with E-state index in [1.54, 1.807) is 49.5 Å². The zero-order chi connectivity index (χ0) is 19.4. The molecule has 1 aromatic heterocycles. The van der Waals surface area contributed by atoms with Crippen LogP contribution < -0.4 is 5.32 Å². The minimum absolute atomic E-state index is 0.0217. The number of halogens is 1. The molecule has 0 saturated carbocycles. The van der Waals surface area contributed by atoms with E-state index in [0.717, 1.165) is 11.3 Å². The third-order valence-corrected chi connectivity index (χ3v) is 4.92. The van der Waals surface area contributed by atoms with Gasteiger partial charge in [-0.25, -0.2) is 9.37 Å². The van der Waals surface area contributed by atoms with E-state index in [1.807, 2.05) is 0 Å². The van der Waals surface area contributed by atoms with Gasteiger partial charge >= 0.3 is 0 Å². The summed E-state index contributed by atoms with van der Waals surface area (Å²) in [5.41, 5.74) is 2.80. The van der Waals surface area contributed by atoms with Crippen molar-refractivity contribution >= 4 is 29.1 Å². The second kappa shape index (κ2) is 8.18. The number of thioether (sulfide) groups is 1. The number of carbonyl (C=O) groups excluding carboxylic acids is 2. The molecule has 0 fully saturated rings. The Morgan fingerprint density at radius 3 is 2.41 bits per heavy atom. The van der Waals surface area contributed by atoms with Crippen molar-refractivity contribution in [2.45, 2.75) is 24.3 Å². The normalized spacial score (nSPS) is 11.8. The molecule has 27 heavy (non-hydrogen) atoms. The van der Waals surface area contributed by atoms with Gasteiger partial charge < -0.3 is 10.3 Å². The number of hydrogen-bond acceptors (Lipinski definition) is 4. The highest BCUT2D eigenvalue weighted by molar-refractivity contribution is 8.00. The molecule has 1 amide bonds. The van der Waals surface area contributed by atoms with Crippen LogP contribution in [0.25, 0.3) is 11.3 Å². The molecular formula is C20H18FN3O2S. The first kappa shape index (κ1) is 18.8. The molecule has 0 radical (unpaired) electrons. The first-order valence-corrected chi connectivity index (χ1v) is 9.20. The van der Waals surface area contributed by atoms with Gasteiger partial charge in [0, 0.05) is 11.3 Å². The molecule has 0 aliphatic heterocycles. The molecular weight excluding hydrogens is 365 g/mol. The molecule has 5 nitrogen and oxygen atoms in total. The van der Waals surface area contributed by atoms with Crippen molar-refractivity contribution in [2.24, 2.45) is 0 Å². The second-order valence-corrected chi connectivity index (χ2v) is 7.32. The summed E-state index contributed by atoms with van der Waals surface area (Å²) in [6.45, 7) is 3.28. The van der Waals surface area contributed by atoms with Crippen LogP contribution in [-0.2, 0) is 4.79 Å². The highest BCUT2D eigenvalue weighted by atomic mass is 32.2. The highest BCUT2D eigenvalue weighted by Gasteiger charge is 2.17. The zero-order valence-electron chi connectivity index (χ0n) is 14.8. The maximum Gasteiger partial charge on any atom is 0.237 e. The molecule has 0 bridgehead atoms. The van der Waals surface area contributed by atoms with Crippen LogP contribution in [0.4, 0.5) is 10.1 Å². The number of amides is 1. The molecule has 0 spiro atoms. The van der Waals surface area contributed by atoms with E-state index in [9.17, 15) is 14.0 Å². The average molecular weight is 383 g/mol. The fourth-order valence-electron chi connectivity index (χ4n) is 2.39. The summed E-state index contributed by atoms with van der Waals surface area (Å²) < 4.78 is 13.0. The van der Waals surface area contributed by atoms with Gasteiger partial charge in [-0.15, -0.1) is 0 Å². The number of aromatic amines is 1. The topological polar surface area (TPSA) is 74.8 Å². The molecule has 7 heteroatoms. The van der Waals surface area contributed by atoms with Crippen LogP contribution in [0.1, 0.15) is 24.2 Å². The van der Waals surface area contributed by atoms with Crippen molar-refractivity contribution in [1.29, 1.82) is 0 Å². The van der Waals surface area contributed by atoms with Crippen molar-refractivity contribution in [2.75, 3.05) is 5.32 Å². The molecule has 1 atom stereocenters. The van der Waals surface area contributed by atoms with E-state index in [1.165, 1.54) is 30.8 Å². The van der Waals surface area contributed by atoms with Gasteiger partial charge in [0.15, 0.2) is 10.9 Å². The number of rotatable bonds is 6. The predicted octanol–water partition coefficient (Wildman–Crippen LogP) is 4.54. The monoisotopic (exact) mass is 383 g/mol. The van der Waals surface area contributed by atoms with Gasteiger partial charge in [-0.1, -0.05) is 11.8 Å². The van der Waals surface area contributed by atoms with E-state index in [2.05, 4.69) is 15.3 Å². The second-order valence-electron chi connectivity index (χ2n) is 5.99. The SMILES string of the molecule is CC(=O)c1ccc(NC(=O)C(C)Sc2ncc(-c3ccc(F)cc3)[nH]2)cc1. The minimum atomic E-state index is -0.385. The number of hydrogen-bond donors (Lipinski definition) is 2. The van der Waals surface area contributed by atoms with Crippen molar-refractivity contribution < 1.29 is 14.0 Å². The lowest BCUT2D eigenvalue weighted by molar-refractivity contribution is -0.115. The van der Waals surface area contributed by atoms with Crippen LogP contribution in [0.5, 0.6) is 0 Å². The van der Waals surface area contributed by atoms with E-state index in [-0.39, 0.29) is 22.8 Å². The first-order chi connectivity index (χ1) is 12.9. The molecule has 0 aliphatic rings. The average Bonchev–Trinajstić information content (AvgIpc) is 3.11. The smallest absolute Gasteiger partial charge is 0.237 e. The lowest BCUT2D eigenvalue weighted by Crippen LogP contribution is -2.22. The van der Waals surface area contributed by atoms with Crippen molar-refractivity contribution in [3.63, 3.8) is 0 Å². The molecule has 2 N–H and O–H groups in total. The summed E-state index contributed by atoms with van der Waals surface area (Å²) >= 11 is 1.29. The van der Waals surface area contributed by atoms with E-state index < -0.39 is 0 Å². The van der Waals surface area contributed by atoms with E-state index in [4.69, 9.17) is 0 Å². The summed E-state index contributed by atoms with van der Waals surface area (Å²) in [5.74, 6) is -0.489. The van der Waals surface area contributed by atoms with Gasteiger partial charge in [0.05, 0.1) is 17.1 Å². The summed E-state index contributed by atoms with van der Waals surface area (Å²) in [4.78, 5) is 31.1. The predicted molar refractivity (Wildman–Crippen MR) is 104 cm³/mol. The van der Waals surface area contributed by atoms with Crippen LogP contribution in [-0.4, -0.2) is 26.9 Å². The Hall–Kier alpha value is -2.93. The van der Waals surface area contributed by atoms with Gasteiger partial charge in [0.25, 0.3) is 0 Å². The van der Waals surface area contributed by atoms with Crippen LogP contribution in [0.15, 0.2) is 59.9 Å². The van der Waals surface area contributed by atoms with Gasteiger partial charge in [-0.05, 0) is 67.9 Å². The Kier molecular flexibility index (Phi) is 5.71. The number of imidazole rings is 1. The summed E-state index contributed by atoms with van der Waals surface area (Å²) in [5, 5.41) is 3.03. The maximum absolute atomic E-state index is 13.0. The van der Waals surface area contributed by atoms with E-state index >= 15 is 0 Å². The Morgan fingerprint density at radius 1 is 1.11 bits per heavy atom. The highest BCUT2D eigenvalue weighted by Crippen LogP contribution is 2.25. The van der Waals surface area contributed by atoms with Crippen LogP contribution in [0.3, 0.4) is 0 Å². The number of aromatic nitrogens is 2. The molecule has 1 heterocycles. The molecule has 3 rings (SSSR count). The first-order valence-electron chi connectivity index (χ1n) is 8.32. The number of nitrogens with zero attached hydrogens (tertiary/aromatic N) is 1. The van der Waals surface area contributed by atoms with Gasteiger partial charge in [-0.2, -0.15) is 0 Å². The molecule has 2 aromatic carbocycles. The third-order valence-electron chi connectivity index (χ3n) is 3.92. The Balaban J connectivity index is 1.61. The standard InChI is InChI=1S/C20H18FN3O2S/c1-12(25)14-5-9-17(10-6-14)23-19(26)13(2)27-20-22-11-18(24-20)15-3-7-16(21)8-4-15/h3-11,13H,1-2H3,(H,22,24)(H,23,26). The summed E-state index contributed by atoms with van der Waals surface area (Å²) in [6, 6.07) is 12.9. The van der Waals surface area contributed by atoms with Crippen molar-refractivity contribution in [1.82, 2.24) is 9.97 Å². The van der Waals surface area contributed by atoms with E-state index in [0.29, 0.717) is 16.4 Å². The Bertz CT molecular complexity index is 952. The lowest BCUT2D eigenvalue weighted by atomic mass is 10.1. The van der Waals surface area contributed by atoms with Gasteiger partial charge in [0.2, 0.25) is 5.91 Å². The fraction of sp³-hybridized carbons (Fsp3) is 0.150. The van der Waals surface area contributed by atoms with Crippen LogP contribution in [0, 0.1) is 5.82 Å². The minimum Gasteiger partial charge on any atom is -0.333 e.